The molecule has 0 saturated heterocycles. The van der Waals surface area contributed by atoms with E-state index in [1.165, 1.54) is 7.05 Å². The van der Waals surface area contributed by atoms with Crippen molar-refractivity contribution in [1.29, 1.82) is 0 Å². The van der Waals surface area contributed by atoms with Gasteiger partial charge in [0.2, 0.25) is 6.08 Å². The fourth-order valence-corrected chi connectivity index (χ4v) is 5.32. The zero-order valence-corrected chi connectivity index (χ0v) is 27.4. The Morgan fingerprint density at radius 3 is 2.16 bits per heavy atom. The van der Waals surface area contributed by atoms with Gasteiger partial charge in [0, 0.05) is 42.9 Å². The predicted molar refractivity (Wildman–Crippen MR) is 191 cm³/mol. The van der Waals surface area contributed by atoms with Crippen LogP contribution in [-0.4, -0.2) is 50.5 Å². The van der Waals surface area contributed by atoms with Crippen molar-refractivity contribution in [1.82, 2.24) is 16.0 Å². The summed E-state index contributed by atoms with van der Waals surface area (Å²) in [6.07, 6.45) is 2.04. The van der Waals surface area contributed by atoms with E-state index in [0.29, 0.717) is 53.4 Å². The fraction of sp³-hybridized carbons (Fsp3) is 0.194. The average molecular weight is 677 g/mol. The molecule has 0 saturated carbocycles. The Morgan fingerprint density at radius 2 is 1.44 bits per heavy atom. The maximum absolute atomic E-state index is 12.6. The molecule has 7 amide bonds. The SMILES string of the molecule is CNC(=O)Nc1cccc(NC(=O)Nc2ccc(CNC(=O)NCCCOC(=O)Nc3ccc4c(c3)Cc3cc(N=C=O)ccc3-4)cc2)c1C. The molecule has 14 nitrogen and oxygen atoms in total. The number of hydrogen-bond donors (Lipinski definition) is 7. The molecule has 0 atom stereocenters. The van der Waals surface area contributed by atoms with Crippen LogP contribution >= 0.6 is 0 Å². The molecule has 50 heavy (non-hydrogen) atoms. The molecule has 0 aromatic heterocycles. The van der Waals surface area contributed by atoms with Gasteiger partial charge >= 0.3 is 24.2 Å². The van der Waals surface area contributed by atoms with Crippen LogP contribution < -0.4 is 37.2 Å². The molecule has 1 aliphatic carbocycles. The second-order valence-electron chi connectivity index (χ2n) is 11.3. The summed E-state index contributed by atoms with van der Waals surface area (Å²) in [5.74, 6) is 0. The van der Waals surface area contributed by atoms with Gasteiger partial charge in [-0.3, -0.25) is 5.32 Å². The number of aliphatic imine (C=N–C) groups is 1. The second-order valence-corrected chi connectivity index (χ2v) is 11.3. The summed E-state index contributed by atoms with van der Waals surface area (Å²) >= 11 is 0. The van der Waals surface area contributed by atoms with Crippen LogP contribution in [0.15, 0.2) is 83.9 Å². The van der Waals surface area contributed by atoms with Gasteiger partial charge in [-0.25, -0.2) is 24.0 Å². The van der Waals surface area contributed by atoms with E-state index in [-0.39, 0.29) is 25.2 Å². The first-order valence-corrected chi connectivity index (χ1v) is 15.8. The van der Waals surface area contributed by atoms with Gasteiger partial charge in [-0.2, -0.15) is 4.99 Å². The number of amides is 7. The van der Waals surface area contributed by atoms with Crippen LogP contribution in [-0.2, 0) is 22.5 Å². The minimum Gasteiger partial charge on any atom is -0.449 e. The third kappa shape index (κ3) is 9.24. The third-order valence-corrected chi connectivity index (χ3v) is 7.85. The number of anilines is 4. The van der Waals surface area contributed by atoms with E-state index in [4.69, 9.17) is 4.74 Å². The van der Waals surface area contributed by atoms with E-state index in [1.807, 2.05) is 24.3 Å². The Morgan fingerprint density at radius 1 is 0.760 bits per heavy atom. The fourth-order valence-electron chi connectivity index (χ4n) is 5.32. The number of fused-ring (bicyclic) bond motifs is 3. The van der Waals surface area contributed by atoms with E-state index in [1.54, 1.807) is 67.6 Å². The molecular weight excluding hydrogens is 640 g/mol. The van der Waals surface area contributed by atoms with Crippen molar-refractivity contribution in [2.24, 2.45) is 4.99 Å². The van der Waals surface area contributed by atoms with Gasteiger partial charge in [0.05, 0.1) is 12.3 Å². The van der Waals surface area contributed by atoms with Crippen LogP contribution in [0.2, 0.25) is 0 Å². The summed E-state index contributed by atoms with van der Waals surface area (Å²) in [4.78, 5) is 63.0. The first kappa shape index (κ1) is 34.7. The van der Waals surface area contributed by atoms with Crippen LogP contribution in [0.25, 0.3) is 11.1 Å². The molecule has 0 radical (unpaired) electrons. The molecule has 1 aliphatic rings. The van der Waals surface area contributed by atoms with Crippen LogP contribution in [0.5, 0.6) is 0 Å². The monoisotopic (exact) mass is 676 g/mol. The number of ether oxygens (including phenoxy) is 1. The number of rotatable bonds is 11. The van der Waals surface area contributed by atoms with Crippen molar-refractivity contribution in [3.63, 3.8) is 0 Å². The maximum atomic E-state index is 12.6. The minimum atomic E-state index is -0.595. The normalized spacial score (nSPS) is 10.8. The Labute approximate surface area is 288 Å². The van der Waals surface area contributed by atoms with Crippen molar-refractivity contribution in [3.05, 3.63) is 101 Å². The van der Waals surface area contributed by atoms with Crippen molar-refractivity contribution >= 4 is 58.7 Å². The number of urea groups is 3. The molecule has 0 unspecified atom stereocenters. The first-order chi connectivity index (χ1) is 24.2. The first-order valence-electron chi connectivity index (χ1n) is 15.8. The van der Waals surface area contributed by atoms with Gasteiger partial charge < -0.3 is 36.6 Å². The quantitative estimate of drug-likeness (QED) is 0.0483. The maximum Gasteiger partial charge on any atom is 0.411 e. The largest absolute Gasteiger partial charge is 0.449 e. The number of nitrogens with zero attached hydrogens (tertiary/aromatic N) is 1. The summed E-state index contributed by atoms with van der Waals surface area (Å²) in [6, 6.07) is 22.2. The number of hydrogen-bond acceptors (Lipinski definition) is 7. The zero-order chi connectivity index (χ0) is 35.5. The Kier molecular flexibility index (Phi) is 11.4. The predicted octanol–water partition coefficient (Wildman–Crippen LogP) is 6.37. The topological polar surface area (TPSA) is 191 Å². The summed E-state index contributed by atoms with van der Waals surface area (Å²) in [5.41, 5.74) is 8.58. The lowest BCUT2D eigenvalue weighted by molar-refractivity contribution is 0.160. The van der Waals surface area contributed by atoms with Crippen molar-refractivity contribution in [2.45, 2.75) is 26.3 Å². The number of benzene rings is 4. The van der Waals surface area contributed by atoms with Gasteiger partial charge in [-0.1, -0.05) is 30.3 Å². The summed E-state index contributed by atoms with van der Waals surface area (Å²) in [5, 5.41) is 18.9. The van der Waals surface area contributed by atoms with Crippen LogP contribution in [0.3, 0.4) is 0 Å². The van der Waals surface area contributed by atoms with Gasteiger partial charge in [0.1, 0.15) is 0 Å². The number of carbonyl (C=O) groups is 4. The molecule has 4 aromatic carbocycles. The average Bonchev–Trinajstić information content (AvgIpc) is 3.46. The summed E-state index contributed by atoms with van der Waals surface area (Å²) in [7, 11) is 1.52. The van der Waals surface area contributed by atoms with E-state index in [0.717, 1.165) is 27.8 Å². The Balaban J connectivity index is 0.964. The third-order valence-electron chi connectivity index (χ3n) is 7.85. The van der Waals surface area contributed by atoms with E-state index < -0.39 is 12.1 Å². The molecule has 0 spiro atoms. The molecule has 7 N–H and O–H groups in total. The highest BCUT2D eigenvalue weighted by atomic mass is 16.5. The second kappa shape index (κ2) is 16.4. The highest BCUT2D eigenvalue weighted by Crippen LogP contribution is 2.39. The molecule has 0 heterocycles. The lowest BCUT2D eigenvalue weighted by Gasteiger charge is -2.14. The Hall–Kier alpha value is -6.66. The van der Waals surface area contributed by atoms with E-state index in [2.05, 4.69) is 42.2 Å². The molecule has 256 valence electrons. The van der Waals surface area contributed by atoms with Crippen molar-refractivity contribution < 1.29 is 28.7 Å². The molecule has 5 rings (SSSR count). The number of nitrogens with one attached hydrogen (secondary N) is 7. The minimum absolute atomic E-state index is 0.114. The van der Waals surface area contributed by atoms with Gasteiger partial charge in [0.15, 0.2) is 0 Å². The smallest absolute Gasteiger partial charge is 0.411 e. The molecule has 0 bridgehead atoms. The van der Waals surface area contributed by atoms with Gasteiger partial charge in [-0.15, -0.1) is 0 Å². The van der Waals surface area contributed by atoms with Crippen LogP contribution in [0, 0.1) is 6.92 Å². The van der Waals surface area contributed by atoms with Crippen LogP contribution in [0.4, 0.5) is 47.6 Å². The Bertz CT molecular complexity index is 1960. The molecule has 4 aromatic rings. The number of carbonyl (C=O) groups excluding carboxylic acids is 5. The number of isocyanates is 1. The van der Waals surface area contributed by atoms with E-state index in [9.17, 15) is 24.0 Å². The highest BCUT2D eigenvalue weighted by molar-refractivity contribution is 6.01. The van der Waals surface area contributed by atoms with Gasteiger partial charge in [-0.05, 0) is 102 Å². The molecule has 0 aliphatic heterocycles. The lowest BCUT2D eigenvalue weighted by atomic mass is 10.1. The van der Waals surface area contributed by atoms with Gasteiger partial charge in [0.25, 0.3) is 0 Å². The molecule has 0 fully saturated rings. The van der Waals surface area contributed by atoms with Crippen molar-refractivity contribution in [3.8, 4) is 11.1 Å². The van der Waals surface area contributed by atoms with E-state index >= 15 is 0 Å². The van der Waals surface area contributed by atoms with Crippen LogP contribution in [0.1, 0.15) is 28.7 Å². The lowest BCUT2D eigenvalue weighted by Crippen LogP contribution is -2.36. The molecule has 14 heteroatoms. The zero-order valence-electron chi connectivity index (χ0n) is 27.4. The summed E-state index contributed by atoms with van der Waals surface area (Å²) < 4.78 is 5.26. The standard InChI is InChI=1S/C36H36N8O6/c1-22-31(43-33(46)37-2)5-3-6-32(22)44-35(48)41-26-9-7-23(8-10-26)20-39-34(47)38-15-4-16-50-36(49)42-28-12-14-30-25(19-28)17-24-18-27(40-21-45)11-13-29(24)30/h3,5-14,18-19H,4,15-17,20H2,1-2H3,(H,42,49)(H2,37,43,46)(H2,38,39,47)(H2,41,44,48). The molecular formula is C36H36N8O6. The van der Waals surface area contributed by atoms with Crippen molar-refractivity contribution in [2.75, 3.05) is 41.5 Å². The summed E-state index contributed by atoms with van der Waals surface area (Å²) in [6.45, 7) is 2.46. The highest BCUT2D eigenvalue weighted by Gasteiger charge is 2.19.